The lowest BCUT2D eigenvalue weighted by atomic mass is 10.2. The first-order valence-corrected chi connectivity index (χ1v) is 6.21. The average Bonchev–Trinajstić information content (AvgIpc) is 2.76. The van der Waals surface area contributed by atoms with Crippen LogP contribution in [0.15, 0.2) is 12.3 Å². The Morgan fingerprint density at radius 3 is 2.55 bits per heavy atom. The second kappa shape index (κ2) is 9.52. The van der Waals surface area contributed by atoms with Gasteiger partial charge in [0.2, 0.25) is 0 Å². The Balaban J connectivity index is 0.00000361. The molecule has 0 unspecified atom stereocenters. The van der Waals surface area contributed by atoms with Crippen molar-refractivity contribution in [1.29, 1.82) is 0 Å². The molecule has 0 radical (unpaired) electrons. The van der Waals surface area contributed by atoms with Gasteiger partial charge in [-0.3, -0.25) is 9.59 Å². The number of aryl methyl sites for hydroxylation is 1. The van der Waals surface area contributed by atoms with Crippen LogP contribution in [0.3, 0.4) is 0 Å². The van der Waals surface area contributed by atoms with Crippen molar-refractivity contribution in [3.05, 3.63) is 23.5 Å². The van der Waals surface area contributed by atoms with Gasteiger partial charge < -0.3 is 19.9 Å². The average molecular weight is 304 g/mol. The number of nitrogens with one attached hydrogen (secondary N) is 2. The van der Waals surface area contributed by atoms with Crippen LogP contribution in [0.1, 0.15) is 27.8 Å². The first-order chi connectivity index (χ1) is 9.06. The molecule has 1 aromatic heterocycles. The molecule has 1 rings (SSSR count). The molecule has 20 heavy (non-hydrogen) atoms. The molecule has 114 valence electrons. The minimum absolute atomic E-state index is 0. The van der Waals surface area contributed by atoms with Gasteiger partial charge in [0.05, 0.1) is 6.61 Å². The molecule has 2 N–H and O–H groups in total. The highest BCUT2D eigenvalue weighted by atomic mass is 35.5. The number of rotatable bonds is 8. The molecular weight excluding hydrogens is 282 g/mol. The molecule has 0 aliphatic heterocycles. The maximum Gasteiger partial charge on any atom is 0.267 e. The van der Waals surface area contributed by atoms with E-state index in [9.17, 15) is 9.59 Å². The quantitative estimate of drug-likeness (QED) is 0.545. The van der Waals surface area contributed by atoms with E-state index in [0.29, 0.717) is 31.0 Å². The van der Waals surface area contributed by atoms with Crippen molar-refractivity contribution >= 4 is 24.1 Å². The Kier molecular flexibility index (Phi) is 8.87. The summed E-state index contributed by atoms with van der Waals surface area (Å²) in [6, 6.07) is 1.61. The van der Waals surface area contributed by atoms with E-state index in [1.54, 1.807) is 31.0 Å². The molecule has 0 spiro atoms. The van der Waals surface area contributed by atoms with Gasteiger partial charge in [0.15, 0.2) is 5.78 Å². The normalized spacial score (nSPS) is 9.95. The van der Waals surface area contributed by atoms with Crippen LogP contribution in [0.25, 0.3) is 0 Å². The second-order valence-corrected chi connectivity index (χ2v) is 4.28. The van der Waals surface area contributed by atoms with E-state index in [1.807, 2.05) is 0 Å². The maximum absolute atomic E-state index is 11.9. The summed E-state index contributed by atoms with van der Waals surface area (Å²) in [5, 5.41) is 5.93. The van der Waals surface area contributed by atoms with Crippen molar-refractivity contribution in [2.24, 2.45) is 7.05 Å². The van der Waals surface area contributed by atoms with E-state index in [0.717, 1.165) is 6.54 Å². The number of hydrogen-bond donors (Lipinski definition) is 2. The van der Waals surface area contributed by atoms with Gasteiger partial charge in [0.25, 0.3) is 5.91 Å². The third kappa shape index (κ3) is 5.73. The lowest BCUT2D eigenvalue weighted by molar-refractivity contribution is 0.0945. The van der Waals surface area contributed by atoms with Gasteiger partial charge in [-0.15, -0.1) is 12.4 Å². The number of carbonyl (C=O) groups excluding carboxylic acids is 2. The number of hydrogen-bond acceptors (Lipinski definition) is 4. The molecule has 6 nitrogen and oxygen atoms in total. The molecule has 7 heteroatoms. The number of ether oxygens (including phenoxy) is 1. The van der Waals surface area contributed by atoms with Crippen molar-refractivity contribution in [2.75, 3.05) is 33.4 Å². The summed E-state index contributed by atoms with van der Waals surface area (Å²) >= 11 is 0. The van der Waals surface area contributed by atoms with Crippen LogP contribution in [0.5, 0.6) is 0 Å². The summed E-state index contributed by atoms with van der Waals surface area (Å²) in [6.07, 6.45) is 1.66. The Bertz CT molecular complexity index is 446. The van der Waals surface area contributed by atoms with Gasteiger partial charge in [-0.25, -0.2) is 0 Å². The van der Waals surface area contributed by atoms with E-state index in [1.165, 1.54) is 6.92 Å². The summed E-state index contributed by atoms with van der Waals surface area (Å²) in [6.45, 7) is 4.09. The van der Waals surface area contributed by atoms with Crippen LogP contribution in [-0.4, -0.2) is 49.6 Å². The maximum atomic E-state index is 11.9. The third-order valence-corrected chi connectivity index (χ3v) is 2.71. The van der Waals surface area contributed by atoms with Gasteiger partial charge in [-0.05, 0) is 13.0 Å². The Morgan fingerprint density at radius 1 is 1.30 bits per heavy atom. The van der Waals surface area contributed by atoms with Crippen molar-refractivity contribution in [2.45, 2.75) is 6.92 Å². The van der Waals surface area contributed by atoms with Crippen molar-refractivity contribution in [3.8, 4) is 0 Å². The van der Waals surface area contributed by atoms with Crippen LogP contribution < -0.4 is 10.6 Å². The van der Waals surface area contributed by atoms with E-state index in [-0.39, 0.29) is 24.1 Å². The summed E-state index contributed by atoms with van der Waals surface area (Å²) in [7, 11) is 3.39. The number of carbonyl (C=O) groups is 2. The van der Waals surface area contributed by atoms with E-state index in [2.05, 4.69) is 10.6 Å². The predicted octanol–water partition coefficient (Wildman–Crippen LogP) is 0.615. The molecule has 0 aliphatic carbocycles. The van der Waals surface area contributed by atoms with Crippen molar-refractivity contribution in [1.82, 2.24) is 15.2 Å². The van der Waals surface area contributed by atoms with Crippen molar-refractivity contribution < 1.29 is 14.3 Å². The van der Waals surface area contributed by atoms with Crippen LogP contribution in [0, 0.1) is 0 Å². The summed E-state index contributed by atoms with van der Waals surface area (Å²) < 4.78 is 6.55. The molecule has 1 aromatic rings. The number of nitrogens with zero attached hydrogens (tertiary/aromatic N) is 1. The van der Waals surface area contributed by atoms with Crippen LogP contribution in [0.2, 0.25) is 0 Å². The number of amides is 1. The fourth-order valence-corrected chi connectivity index (χ4v) is 1.64. The zero-order valence-electron chi connectivity index (χ0n) is 12.1. The summed E-state index contributed by atoms with van der Waals surface area (Å²) in [5.41, 5.74) is 1.04. The highest BCUT2D eigenvalue weighted by molar-refractivity contribution is 5.99. The van der Waals surface area contributed by atoms with E-state index in [4.69, 9.17) is 4.74 Å². The Morgan fingerprint density at radius 2 is 2.00 bits per heavy atom. The fraction of sp³-hybridized carbons (Fsp3) is 0.538. The summed E-state index contributed by atoms with van der Waals surface area (Å²) in [4.78, 5) is 23.1. The van der Waals surface area contributed by atoms with Crippen LogP contribution in [0.4, 0.5) is 0 Å². The first kappa shape index (κ1) is 18.6. The molecular formula is C13H22ClN3O3. The topological polar surface area (TPSA) is 72.4 Å². The molecule has 0 saturated carbocycles. The third-order valence-electron chi connectivity index (χ3n) is 2.71. The SMILES string of the molecule is COCCNCCNC(=O)c1cc(C(C)=O)cn1C.Cl. The first-order valence-electron chi connectivity index (χ1n) is 6.21. The van der Waals surface area contributed by atoms with E-state index < -0.39 is 0 Å². The lowest BCUT2D eigenvalue weighted by Crippen LogP contribution is -2.33. The number of Topliss-reactive ketones (excluding diaryl/α,β-unsaturated/α-hetero) is 1. The second-order valence-electron chi connectivity index (χ2n) is 4.28. The van der Waals surface area contributed by atoms with Gasteiger partial charge >= 0.3 is 0 Å². The molecule has 1 heterocycles. The molecule has 0 saturated heterocycles. The minimum Gasteiger partial charge on any atom is -0.383 e. The zero-order valence-corrected chi connectivity index (χ0v) is 12.9. The van der Waals surface area contributed by atoms with Gasteiger partial charge in [0, 0.05) is 45.6 Å². The summed E-state index contributed by atoms with van der Waals surface area (Å²) in [5.74, 6) is -0.223. The smallest absolute Gasteiger partial charge is 0.267 e. The molecule has 0 fully saturated rings. The monoisotopic (exact) mass is 303 g/mol. The fourth-order valence-electron chi connectivity index (χ4n) is 1.64. The number of aromatic nitrogens is 1. The van der Waals surface area contributed by atoms with E-state index >= 15 is 0 Å². The molecule has 0 aromatic carbocycles. The number of methoxy groups -OCH3 is 1. The molecule has 0 aliphatic rings. The zero-order chi connectivity index (χ0) is 14.3. The van der Waals surface area contributed by atoms with Gasteiger partial charge in [-0.2, -0.15) is 0 Å². The number of halogens is 1. The molecule has 1 amide bonds. The van der Waals surface area contributed by atoms with Crippen LogP contribution in [-0.2, 0) is 11.8 Å². The largest absolute Gasteiger partial charge is 0.383 e. The lowest BCUT2D eigenvalue weighted by Gasteiger charge is -2.07. The van der Waals surface area contributed by atoms with Gasteiger partial charge in [0.1, 0.15) is 5.69 Å². The molecule has 0 atom stereocenters. The Hall–Kier alpha value is -1.37. The highest BCUT2D eigenvalue weighted by Gasteiger charge is 2.12. The molecule has 0 bridgehead atoms. The standard InChI is InChI=1S/C13H21N3O3.ClH/c1-10(17)11-8-12(16(2)9-11)13(18)15-5-4-14-6-7-19-3;/h8-9,14H,4-7H2,1-3H3,(H,15,18);1H. The Labute approximate surface area is 125 Å². The van der Waals surface area contributed by atoms with Crippen LogP contribution >= 0.6 is 12.4 Å². The predicted molar refractivity (Wildman–Crippen MR) is 79.7 cm³/mol. The van der Waals surface area contributed by atoms with Crippen molar-refractivity contribution in [3.63, 3.8) is 0 Å². The number of ketones is 1. The highest BCUT2D eigenvalue weighted by Crippen LogP contribution is 2.07. The minimum atomic E-state index is -0.177. The van der Waals surface area contributed by atoms with Gasteiger partial charge in [-0.1, -0.05) is 0 Å².